The van der Waals surface area contributed by atoms with Crippen LogP contribution in [0.4, 0.5) is 5.69 Å². The van der Waals surface area contributed by atoms with Crippen LogP contribution in [-0.4, -0.2) is 48.4 Å². The van der Waals surface area contributed by atoms with Gasteiger partial charge < -0.3 is 10.2 Å². The predicted octanol–water partition coefficient (Wildman–Crippen LogP) is 2.96. The number of hydrogen-bond donors (Lipinski definition) is 1. The van der Waals surface area contributed by atoms with Gasteiger partial charge in [0, 0.05) is 24.7 Å². The van der Waals surface area contributed by atoms with E-state index in [1.54, 1.807) is 7.05 Å². The summed E-state index contributed by atoms with van der Waals surface area (Å²) in [4.78, 5) is 31.0. The van der Waals surface area contributed by atoms with Gasteiger partial charge in [0.25, 0.3) is 0 Å². The molecule has 3 heterocycles. The molecule has 4 unspecified atom stereocenters. The lowest BCUT2D eigenvalue weighted by atomic mass is 9.73. The monoisotopic (exact) mass is 415 g/mol. The van der Waals surface area contributed by atoms with E-state index in [9.17, 15) is 9.59 Å². The molecule has 3 aliphatic heterocycles. The number of anilines is 1. The van der Waals surface area contributed by atoms with Gasteiger partial charge in [0.2, 0.25) is 11.8 Å². The molecule has 4 atom stereocenters. The molecular formula is C26H29N3O2. The van der Waals surface area contributed by atoms with Crippen LogP contribution in [0.15, 0.2) is 54.6 Å². The van der Waals surface area contributed by atoms with E-state index in [1.165, 1.54) is 16.0 Å². The van der Waals surface area contributed by atoms with Crippen molar-refractivity contribution in [1.29, 1.82) is 0 Å². The normalized spacial score (nSPS) is 31.4. The third-order valence-corrected chi connectivity index (χ3v) is 8.39. The zero-order valence-electron chi connectivity index (χ0n) is 18.0. The van der Waals surface area contributed by atoms with Crippen LogP contribution in [0, 0.1) is 11.8 Å². The number of aryl methyl sites for hydroxylation is 1. The van der Waals surface area contributed by atoms with Crippen LogP contribution in [0.1, 0.15) is 36.3 Å². The number of hydrogen-bond acceptors (Lipinski definition) is 4. The van der Waals surface area contributed by atoms with Crippen LogP contribution in [-0.2, 0) is 16.0 Å². The third kappa shape index (κ3) is 2.53. The summed E-state index contributed by atoms with van der Waals surface area (Å²) in [5.41, 5.74) is 3.61. The molecule has 0 saturated carbocycles. The Morgan fingerprint density at radius 3 is 2.42 bits per heavy atom. The minimum atomic E-state index is -0.309. The molecule has 4 aliphatic rings. The number of para-hydroxylation sites is 1. The molecule has 3 fully saturated rings. The molecule has 2 aromatic rings. The number of nitrogens with zero attached hydrogens (tertiary/aromatic N) is 2. The van der Waals surface area contributed by atoms with Crippen LogP contribution in [0.3, 0.4) is 0 Å². The molecule has 1 N–H and O–H groups in total. The zero-order chi connectivity index (χ0) is 21.2. The van der Waals surface area contributed by atoms with Crippen molar-refractivity contribution in [2.45, 2.75) is 43.2 Å². The summed E-state index contributed by atoms with van der Waals surface area (Å²) in [5, 5.41) is 3.49. The van der Waals surface area contributed by atoms with Crippen LogP contribution in [0.2, 0.25) is 0 Å². The lowest BCUT2D eigenvalue weighted by Gasteiger charge is -2.49. The van der Waals surface area contributed by atoms with E-state index in [4.69, 9.17) is 0 Å². The molecular weight excluding hydrogens is 386 g/mol. The topological polar surface area (TPSA) is 52.7 Å². The maximum absolute atomic E-state index is 13.5. The van der Waals surface area contributed by atoms with Crippen LogP contribution in [0.5, 0.6) is 0 Å². The Hall–Kier alpha value is -2.66. The second kappa shape index (κ2) is 6.92. The minimum Gasteiger partial charge on any atom is -0.360 e. The van der Waals surface area contributed by atoms with E-state index in [0.717, 1.165) is 44.5 Å². The quantitative estimate of drug-likeness (QED) is 0.767. The number of nitrogens with one attached hydrogen (secondary N) is 1. The summed E-state index contributed by atoms with van der Waals surface area (Å²) in [6.07, 6.45) is 3.86. The SMILES string of the molecule is CN1C(=O)C2C(C3CCc4ccccc43)N(c3ccccc3)C3(CCNCC3)C2C1=O. The van der Waals surface area contributed by atoms with Gasteiger partial charge in [0.1, 0.15) is 0 Å². The van der Waals surface area contributed by atoms with Gasteiger partial charge in [0.05, 0.1) is 17.4 Å². The molecule has 5 heteroatoms. The van der Waals surface area contributed by atoms with Crippen LogP contribution >= 0.6 is 0 Å². The summed E-state index contributed by atoms with van der Waals surface area (Å²) in [7, 11) is 1.68. The number of fused-ring (bicyclic) bond motifs is 3. The van der Waals surface area contributed by atoms with E-state index >= 15 is 0 Å². The maximum Gasteiger partial charge on any atom is 0.235 e. The van der Waals surface area contributed by atoms with E-state index in [2.05, 4.69) is 58.7 Å². The van der Waals surface area contributed by atoms with E-state index in [0.29, 0.717) is 0 Å². The van der Waals surface area contributed by atoms with Crippen molar-refractivity contribution >= 4 is 17.5 Å². The molecule has 1 aliphatic carbocycles. The Labute approximate surface area is 183 Å². The summed E-state index contributed by atoms with van der Waals surface area (Å²) in [6, 6.07) is 19.2. The van der Waals surface area contributed by atoms with Crippen molar-refractivity contribution in [3.63, 3.8) is 0 Å². The molecule has 31 heavy (non-hydrogen) atoms. The van der Waals surface area contributed by atoms with Gasteiger partial charge in [-0.05, 0) is 62.0 Å². The fourth-order valence-electron chi connectivity index (χ4n) is 7.16. The van der Waals surface area contributed by atoms with Crippen LogP contribution < -0.4 is 10.2 Å². The van der Waals surface area contributed by atoms with E-state index < -0.39 is 0 Å². The minimum absolute atomic E-state index is 0.00977. The first-order chi connectivity index (χ1) is 15.1. The van der Waals surface area contributed by atoms with Crippen molar-refractivity contribution in [2.24, 2.45) is 11.8 Å². The Bertz CT molecular complexity index is 1030. The highest BCUT2D eigenvalue weighted by Crippen LogP contribution is 2.58. The maximum atomic E-state index is 13.5. The molecule has 3 saturated heterocycles. The van der Waals surface area contributed by atoms with Gasteiger partial charge >= 0.3 is 0 Å². The highest BCUT2D eigenvalue weighted by atomic mass is 16.2. The van der Waals surface area contributed by atoms with Gasteiger partial charge in [0.15, 0.2) is 0 Å². The van der Waals surface area contributed by atoms with Gasteiger partial charge in [-0.15, -0.1) is 0 Å². The first-order valence-corrected chi connectivity index (χ1v) is 11.6. The second-order valence-corrected chi connectivity index (χ2v) is 9.63. The van der Waals surface area contributed by atoms with Crippen molar-refractivity contribution in [2.75, 3.05) is 25.0 Å². The highest BCUT2D eigenvalue weighted by Gasteiger charge is 2.69. The number of imide groups is 1. The fraction of sp³-hybridized carbons (Fsp3) is 0.462. The Morgan fingerprint density at radius 2 is 1.65 bits per heavy atom. The number of amides is 2. The number of carbonyl (C=O) groups excluding carboxylic acids is 2. The van der Waals surface area contributed by atoms with Gasteiger partial charge in [-0.3, -0.25) is 14.5 Å². The standard InChI is InChI=1S/C26H29N3O2/c1-28-24(30)21-22(25(28)31)26(13-15-27-16-14-26)29(18-8-3-2-4-9-18)23(21)20-12-11-17-7-5-6-10-19(17)20/h2-10,20-23,27H,11-16H2,1H3. The fourth-order valence-corrected chi connectivity index (χ4v) is 7.16. The highest BCUT2D eigenvalue weighted by molar-refractivity contribution is 6.07. The number of likely N-dealkylation sites (tertiary alicyclic amines) is 1. The Balaban J connectivity index is 1.57. The number of benzene rings is 2. The van der Waals surface area contributed by atoms with E-state index in [-0.39, 0.29) is 41.1 Å². The first kappa shape index (κ1) is 19.1. The molecule has 6 rings (SSSR count). The molecule has 1 spiro atoms. The lowest BCUT2D eigenvalue weighted by molar-refractivity contribution is -0.139. The van der Waals surface area contributed by atoms with Crippen molar-refractivity contribution in [3.8, 4) is 0 Å². The number of carbonyl (C=O) groups is 2. The lowest BCUT2D eigenvalue weighted by Crippen LogP contribution is -2.59. The van der Waals surface area contributed by atoms with Crippen molar-refractivity contribution in [3.05, 3.63) is 65.7 Å². The average Bonchev–Trinajstić information content (AvgIpc) is 3.42. The third-order valence-electron chi connectivity index (χ3n) is 8.39. The van der Waals surface area contributed by atoms with E-state index in [1.807, 2.05) is 6.07 Å². The molecule has 2 aromatic carbocycles. The Kier molecular flexibility index (Phi) is 4.26. The summed E-state index contributed by atoms with van der Waals surface area (Å²) in [6.45, 7) is 1.76. The van der Waals surface area contributed by atoms with Crippen molar-refractivity contribution in [1.82, 2.24) is 10.2 Å². The molecule has 5 nitrogen and oxygen atoms in total. The first-order valence-electron chi connectivity index (χ1n) is 11.6. The van der Waals surface area contributed by atoms with Crippen molar-refractivity contribution < 1.29 is 9.59 Å². The molecule has 0 radical (unpaired) electrons. The van der Waals surface area contributed by atoms with Gasteiger partial charge in [-0.2, -0.15) is 0 Å². The van der Waals surface area contributed by atoms with Gasteiger partial charge in [-0.1, -0.05) is 42.5 Å². The zero-order valence-corrected chi connectivity index (χ0v) is 18.0. The molecule has 0 bridgehead atoms. The van der Waals surface area contributed by atoms with Gasteiger partial charge in [-0.25, -0.2) is 0 Å². The molecule has 0 aromatic heterocycles. The number of rotatable bonds is 2. The van der Waals surface area contributed by atoms with Crippen LogP contribution in [0.25, 0.3) is 0 Å². The largest absolute Gasteiger partial charge is 0.360 e. The number of piperidine rings is 1. The molecule has 2 amide bonds. The molecule has 160 valence electrons. The summed E-state index contributed by atoms with van der Waals surface area (Å²) in [5.74, 6) is -0.231. The second-order valence-electron chi connectivity index (χ2n) is 9.63. The smallest absolute Gasteiger partial charge is 0.235 e. The predicted molar refractivity (Wildman–Crippen MR) is 120 cm³/mol. The Morgan fingerprint density at radius 1 is 0.935 bits per heavy atom. The summed E-state index contributed by atoms with van der Waals surface area (Å²) >= 11 is 0. The summed E-state index contributed by atoms with van der Waals surface area (Å²) < 4.78 is 0. The average molecular weight is 416 g/mol.